The normalized spacial score (nSPS) is 17.6. The summed E-state index contributed by atoms with van der Waals surface area (Å²) in [5, 5.41) is 7.47. The largest absolute Gasteiger partial charge is 0.489 e. The van der Waals surface area contributed by atoms with Crippen LogP contribution in [0.3, 0.4) is 0 Å². The summed E-state index contributed by atoms with van der Waals surface area (Å²) in [6, 6.07) is 3.24. The summed E-state index contributed by atoms with van der Waals surface area (Å²) in [4.78, 5) is 6.69. The molecule has 152 valence electrons. The van der Waals surface area contributed by atoms with Crippen LogP contribution in [0.25, 0.3) is 0 Å². The van der Waals surface area contributed by atoms with Crippen LogP contribution in [0.15, 0.2) is 35.6 Å². The van der Waals surface area contributed by atoms with E-state index in [1.165, 1.54) is 6.07 Å². The van der Waals surface area contributed by atoms with Crippen LogP contribution in [0.1, 0.15) is 18.6 Å². The van der Waals surface area contributed by atoms with Crippen molar-refractivity contribution in [2.24, 2.45) is 12.0 Å². The van der Waals surface area contributed by atoms with E-state index >= 15 is 0 Å². The number of benzene rings is 1. The average molecular weight is 393 g/mol. The smallest absolute Gasteiger partial charge is 0.194 e. The van der Waals surface area contributed by atoms with E-state index in [1.807, 2.05) is 26.4 Å². The number of ether oxygens (including phenoxy) is 2. The number of aryl methyl sites for hydroxylation is 1. The van der Waals surface area contributed by atoms with Crippen molar-refractivity contribution < 1.29 is 18.3 Å². The molecule has 0 bridgehead atoms. The summed E-state index contributed by atoms with van der Waals surface area (Å²) in [5.74, 6) is -0.580. The van der Waals surface area contributed by atoms with Crippen LogP contribution in [-0.4, -0.2) is 60.0 Å². The third-order valence-electron chi connectivity index (χ3n) is 4.30. The maximum atomic E-state index is 13.6. The Morgan fingerprint density at radius 2 is 2.29 bits per heavy atom. The zero-order valence-corrected chi connectivity index (χ0v) is 16.1. The Labute approximate surface area is 163 Å². The summed E-state index contributed by atoms with van der Waals surface area (Å²) in [6.07, 6.45) is 3.68. The summed E-state index contributed by atoms with van der Waals surface area (Å²) < 4.78 is 39.5. The second kappa shape index (κ2) is 9.50. The first-order valence-electron chi connectivity index (χ1n) is 9.28. The topological polar surface area (TPSA) is 63.9 Å². The van der Waals surface area contributed by atoms with Gasteiger partial charge in [0, 0.05) is 38.0 Å². The Morgan fingerprint density at radius 3 is 3.00 bits per heavy atom. The lowest BCUT2D eigenvalue weighted by molar-refractivity contribution is -0.00805. The maximum absolute atomic E-state index is 13.6. The Hall–Kier alpha value is -2.68. The van der Waals surface area contributed by atoms with Crippen molar-refractivity contribution in [1.29, 1.82) is 0 Å². The van der Waals surface area contributed by atoms with Gasteiger partial charge in [-0.2, -0.15) is 5.10 Å². The van der Waals surface area contributed by atoms with Gasteiger partial charge in [-0.3, -0.25) is 4.68 Å². The predicted octanol–water partition coefficient (Wildman–Crippen LogP) is 2.12. The molecule has 7 nitrogen and oxygen atoms in total. The quantitative estimate of drug-likeness (QED) is 0.463. The van der Waals surface area contributed by atoms with E-state index in [9.17, 15) is 8.78 Å². The average Bonchev–Trinajstić information content (AvgIpc) is 3.12. The molecule has 1 saturated heterocycles. The third kappa shape index (κ3) is 5.19. The first-order valence-corrected chi connectivity index (χ1v) is 9.28. The van der Waals surface area contributed by atoms with Crippen LogP contribution in [0, 0.1) is 11.6 Å². The molecule has 9 heteroatoms. The maximum Gasteiger partial charge on any atom is 0.194 e. The molecule has 1 aliphatic rings. The molecule has 28 heavy (non-hydrogen) atoms. The van der Waals surface area contributed by atoms with Crippen molar-refractivity contribution in [1.82, 2.24) is 20.0 Å². The number of aliphatic imine (C=N–C) groups is 1. The fraction of sp³-hybridized carbons (Fsp3) is 0.474. The highest BCUT2D eigenvalue weighted by Gasteiger charge is 2.25. The molecule has 0 amide bonds. The van der Waals surface area contributed by atoms with Gasteiger partial charge >= 0.3 is 0 Å². The van der Waals surface area contributed by atoms with E-state index < -0.39 is 11.6 Å². The first kappa shape index (κ1) is 20.1. The molecule has 0 saturated carbocycles. The van der Waals surface area contributed by atoms with Crippen LogP contribution in [0.5, 0.6) is 5.75 Å². The minimum absolute atomic E-state index is 0.0182. The SMILES string of the molecule is CCNC(=NCCOc1ccc(F)cc1F)N1CCOC(c2cnn(C)c2)C1. The van der Waals surface area contributed by atoms with Gasteiger partial charge in [0.1, 0.15) is 18.5 Å². The van der Waals surface area contributed by atoms with Crippen LogP contribution in [0.2, 0.25) is 0 Å². The Morgan fingerprint density at radius 1 is 1.43 bits per heavy atom. The molecule has 0 aliphatic carbocycles. The molecule has 1 aliphatic heterocycles. The van der Waals surface area contributed by atoms with E-state index in [2.05, 4.69) is 20.3 Å². The monoisotopic (exact) mass is 393 g/mol. The molecule has 0 radical (unpaired) electrons. The summed E-state index contributed by atoms with van der Waals surface area (Å²) >= 11 is 0. The van der Waals surface area contributed by atoms with Gasteiger partial charge in [0.15, 0.2) is 17.5 Å². The Bertz CT molecular complexity index is 811. The van der Waals surface area contributed by atoms with Crippen molar-refractivity contribution in [3.05, 3.63) is 47.8 Å². The lowest BCUT2D eigenvalue weighted by Crippen LogP contribution is -2.48. The molecule has 1 unspecified atom stereocenters. The first-order chi connectivity index (χ1) is 13.6. The number of rotatable bonds is 6. The van der Waals surface area contributed by atoms with Gasteiger partial charge in [-0.25, -0.2) is 13.8 Å². The Kier molecular flexibility index (Phi) is 6.80. The number of aromatic nitrogens is 2. The van der Waals surface area contributed by atoms with Gasteiger partial charge < -0.3 is 19.7 Å². The third-order valence-corrected chi connectivity index (χ3v) is 4.30. The fourth-order valence-corrected chi connectivity index (χ4v) is 2.97. The molecule has 1 N–H and O–H groups in total. The lowest BCUT2D eigenvalue weighted by Gasteiger charge is -2.34. The summed E-state index contributed by atoms with van der Waals surface area (Å²) in [7, 11) is 1.87. The van der Waals surface area contributed by atoms with Gasteiger partial charge in [-0.1, -0.05) is 0 Å². The second-order valence-corrected chi connectivity index (χ2v) is 6.41. The number of halogens is 2. The van der Waals surface area contributed by atoms with Crippen molar-refractivity contribution >= 4 is 5.96 Å². The number of hydrogen-bond acceptors (Lipinski definition) is 4. The second-order valence-electron chi connectivity index (χ2n) is 6.41. The van der Waals surface area contributed by atoms with E-state index in [0.717, 1.165) is 36.7 Å². The van der Waals surface area contributed by atoms with Gasteiger partial charge in [0.25, 0.3) is 0 Å². The van der Waals surface area contributed by atoms with Crippen LogP contribution >= 0.6 is 0 Å². The van der Waals surface area contributed by atoms with Crippen LogP contribution < -0.4 is 10.1 Å². The highest BCUT2D eigenvalue weighted by Crippen LogP contribution is 2.21. The lowest BCUT2D eigenvalue weighted by atomic mass is 10.1. The van der Waals surface area contributed by atoms with E-state index in [-0.39, 0.29) is 18.5 Å². The molecular weight excluding hydrogens is 368 g/mol. The Balaban J connectivity index is 1.58. The molecule has 2 aromatic rings. The standard InChI is InChI=1S/C19H25F2N5O2/c1-3-22-19(23-6-8-27-17-5-4-15(20)10-16(17)21)26-7-9-28-18(13-26)14-11-24-25(2)12-14/h4-5,10-12,18H,3,6-9,13H2,1-2H3,(H,22,23). The molecule has 0 spiro atoms. The fourth-order valence-electron chi connectivity index (χ4n) is 2.97. The summed E-state index contributed by atoms with van der Waals surface area (Å²) in [6.45, 7) is 5.21. The van der Waals surface area contributed by atoms with Crippen molar-refractivity contribution in [2.45, 2.75) is 13.0 Å². The number of hydrogen-bond donors (Lipinski definition) is 1. The zero-order valence-electron chi connectivity index (χ0n) is 16.1. The van der Waals surface area contributed by atoms with Gasteiger partial charge in [-0.05, 0) is 19.1 Å². The molecule has 1 aromatic carbocycles. The minimum atomic E-state index is -0.719. The van der Waals surface area contributed by atoms with Crippen LogP contribution in [-0.2, 0) is 11.8 Å². The molecule has 1 fully saturated rings. The van der Waals surface area contributed by atoms with Gasteiger partial charge in [0.05, 0.1) is 25.9 Å². The van der Waals surface area contributed by atoms with E-state index in [4.69, 9.17) is 9.47 Å². The molecular formula is C19H25F2N5O2. The number of morpholine rings is 1. The molecule has 2 heterocycles. The van der Waals surface area contributed by atoms with Gasteiger partial charge in [-0.15, -0.1) is 0 Å². The van der Waals surface area contributed by atoms with E-state index in [0.29, 0.717) is 19.7 Å². The zero-order chi connectivity index (χ0) is 19.9. The highest BCUT2D eigenvalue weighted by molar-refractivity contribution is 5.80. The van der Waals surface area contributed by atoms with Crippen LogP contribution in [0.4, 0.5) is 8.78 Å². The van der Waals surface area contributed by atoms with E-state index in [1.54, 1.807) is 4.68 Å². The minimum Gasteiger partial charge on any atom is -0.489 e. The molecule has 1 atom stereocenters. The highest BCUT2D eigenvalue weighted by atomic mass is 19.1. The molecule has 1 aromatic heterocycles. The summed E-state index contributed by atoms with van der Waals surface area (Å²) in [5.41, 5.74) is 1.03. The van der Waals surface area contributed by atoms with Crippen molar-refractivity contribution in [3.63, 3.8) is 0 Å². The van der Waals surface area contributed by atoms with Gasteiger partial charge in [0.2, 0.25) is 0 Å². The molecule has 3 rings (SSSR count). The van der Waals surface area contributed by atoms with Crippen molar-refractivity contribution in [3.8, 4) is 5.75 Å². The number of nitrogens with one attached hydrogen (secondary N) is 1. The predicted molar refractivity (Wildman–Crippen MR) is 101 cm³/mol. The number of nitrogens with zero attached hydrogens (tertiary/aromatic N) is 4. The number of guanidine groups is 1. The van der Waals surface area contributed by atoms with Crippen molar-refractivity contribution in [2.75, 3.05) is 39.4 Å².